The van der Waals surface area contributed by atoms with Crippen LogP contribution < -0.4 is 16.0 Å². The summed E-state index contributed by atoms with van der Waals surface area (Å²) in [7, 11) is 1.69. The van der Waals surface area contributed by atoms with Crippen LogP contribution in [0.25, 0.3) is 0 Å². The minimum Gasteiger partial charge on any atom is -0.496 e. The number of methoxy groups -OCH3 is 1. The summed E-state index contributed by atoms with van der Waals surface area (Å²) in [5, 5.41) is 0. The molecule has 0 heterocycles. The lowest BCUT2D eigenvalue weighted by Crippen LogP contribution is -2.29. The summed E-state index contributed by atoms with van der Waals surface area (Å²) in [6.45, 7) is 6.24. The molecule has 3 heteroatoms. The van der Waals surface area contributed by atoms with Gasteiger partial charge in [-0.15, -0.1) is 0 Å². The molecular formula is C17H22N2O. The minimum atomic E-state index is -0.0369. The second-order valence-corrected chi connectivity index (χ2v) is 5.19. The molecule has 3 nitrogen and oxygen atoms in total. The third kappa shape index (κ3) is 2.84. The van der Waals surface area contributed by atoms with Gasteiger partial charge in [0.25, 0.3) is 0 Å². The third-order valence-corrected chi connectivity index (χ3v) is 3.67. The van der Waals surface area contributed by atoms with Crippen LogP contribution in [0, 0.1) is 20.8 Å². The van der Waals surface area contributed by atoms with Crippen molar-refractivity contribution in [1.82, 2.24) is 5.43 Å². The predicted octanol–water partition coefficient (Wildman–Crippen LogP) is 3.17. The lowest BCUT2D eigenvalue weighted by atomic mass is 9.93. The van der Waals surface area contributed by atoms with Crippen molar-refractivity contribution in [1.29, 1.82) is 0 Å². The smallest absolute Gasteiger partial charge is 0.122 e. The standard InChI is InChI=1S/C17H22N2O/c1-11-5-8-15(13(3)9-11)17(19-18)14-7-6-12(2)16(10-14)20-4/h5-10,17,19H,18H2,1-4H3. The number of nitrogens with one attached hydrogen (secondary N) is 1. The maximum absolute atomic E-state index is 5.78. The van der Waals surface area contributed by atoms with E-state index in [-0.39, 0.29) is 6.04 Å². The Bertz CT molecular complexity index is 608. The minimum absolute atomic E-state index is 0.0369. The highest BCUT2D eigenvalue weighted by Crippen LogP contribution is 2.29. The van der Waals surface area contributed by atoms with Crippen molar-refractivity contribution < 1.29 is 4.74 Å². The van der Waals surface area contributed by atoms with Crippen molar-refractivity contribution in [2.75, 3.05) is 7.11 Å². The second kappa shape index (κ2) is 6.07. The lowest BCUT2D eigenvalue weighted by molar-refractivity contribution is 0.410. The van der Waals surface area contributed by atoms with Gasteiger partial charge in [-0.2, -0.15) is 0 Å². The van der Waals surface area contributed by atoms with Gasteiger partial charge in [0.05, 0.1) is 13.2 Å². The monoisotopic (exact) mass is 270 g/mol. The fraction of sp³-hybridized carbons (Fsp3) is 0.294. The van der Waals surface area contributed by atoms with Crippen LogP contribution in [0.5, 0.6) is 5.75 Å². The fourth-order valence-corrected chi connectivity index (χ4v) is 2.53. The number of hydrogen-bond donors (Lipinski definition) is 2. The van der Waals surface area contributed by atoms with E-state index in [9.17, 15) is 0 Å². The summed E-state index contributed by atoms with van der Waals surface area (Å²) in [4.78, 5) is 0. The van der Waals surface area contributed by atoms with E-state index < -0.39 is 0 Å². The van der Waals surface area contributed by atoms with Gasteiger partial charge in [0.1, 0.15) is 5.75 Å². The highest BCUT2D eigenvalue weighted by molar-refractivity contribution is 5.43. The van der Waals surface area contributed by atoms with E-state index in [0.29, 0.717) is 0 Å². The molecule has 0 saturated heterocycles. The van der Waals surface area contributed by atoms with Crippen LogP contribution in [0.3, 0.4) is 0 Å². The molecule has 0 aliphatic heterocycles. The van der Waals surface area contributed by atoms with Crippen LogP contribution in [0.2, 0.25) is 0 Å². The van der Waals surface area contributed by atoms with E-state index in [4.69, 9.17) is 10.6 Å². The number of benzene rings is 2. The molecule has 2 rings (SSSR count). The maximum Gasteiger partial charge on any atom is 0.122 e. The fourth-order valence-electron chi connectivity index (χ4n) is 2.53. The summed E-state index contributed by atoms with van der Waals surface area (Å²) in [5.74, 6) is 6.66. The summed E-state index contributed by atoms with van der Waals surface area (Å²) >= 11 is 0. The summed E-state index contributed by atoms with van der Waals surface area (Å²) < 4.78 is 5.40. The van der Waals surface area contributed by atoms with E-state index in [1.807, 2.05) is 13.0 Å². The SMILES string of the molecule is COc1cc(C(NN)c2ccc(C)cc2C)ccc1C. The zero-order valence-corrected chi connectivity index (χ0v) is 12.5. The Morgan fingerprint density at radius 3 is 2.35 bits per heavy atom. The lowest BCUT2D eigenvalue weighted by Gasteiger charge is -2.20. The van der Waals surface area contributed by atoms with E-state index in [1.165, 1.54) is 16.7 Å². The van der Waals surface area contributed by atoms with Crippen molar-refractivity contribution in [2.24, 2.45) is 5.84 Å². The van der Waals surface area contributed by atoms with Crippen LogP contribution in [0.1, 0.15) is 33.9 Å². The molecule has 0 aromatic heterocycles. The zero-order chi connectivity index (χ0) is 14.7. The Kier molecular flexibility index (Phi) is 4.42. The normalized spacial score (nSPS) is 12.2. The molecule has 106 valence electrons. The first kappa shape index (κ1) is 14.6. The second-order valence-electron chi connectivity index (χ2n) is 5.19. The van der Waals surface area contributed by atoms with Gasteiger partial charge < -0.3 is 4.74 Å². The van der Waals surface area contributed by atoms with Crippen LogP contribution in [0.15, 0.2) is 36.4 Å². The first-order valence-electron chi connectivity index (χ1n) is 6.74. The Morgan fingerprint density at radius 2 is 1.75 bits per heavy atom. The summed E-state index contributed by atoms with van der Waals surface area (Å²) in [6.07, 6.45) is 0. The first-order valence-corrected chi connectivity index (χ1v) is 6.74. The average molecular weight is 270 g/mol. The molecule has 0 aliphatic rings. The Balaban J connectivity index is 2.46. The molecule has 2 aromatic carbocycles. The molecule has 1 atom stereocenters. The van der Waals surface area contributed by atoms with Crippen molar-refractivity contribution in [3.05, 3.63) is 64.2 Å². The van der Waals surface area contributed by atoms with Crippen LogP contribution in [-0.2, 0) is 0 Å². The molecule has 0 spiro atoms. The molecule has 2 aromatic rings. The van der Waals surface area contributed by atoms with Crippen LogP contribution >= 0.6 is 0 Å². The number of ether oxygens (including phenoxy) is 1. The molecule has 1 unspecified atom stereocenters. The van der Waals surface area contributed by atoms with Gasteiger partial charge >= 0.3 is 0 Å². The highest BCUT2D eigenvalue weighted by Gasteiger charge is 2.16. The van der Waals surface area contributed by atoms with Gasteiger partial charge in [0.2, 0.25) is 0 Å². The van der Waals surface area contributed by atoms with Gasteiger partial charge in [0.15, 0.2) is 0 Å². The molecule has 0 amide bonds. The average Bonchev–Trinajstić information content (AvgIpc) is 2.43. The van der Waals surface area contributed by atoms with Gasteiger partial charge in [-0.1, -0.05) is 35.9 Å². The quantitative estimate of drug-likeness (QED) is 0.662. The number of rotatable bonds is 4. The predicted molar refractivity (Wildman–Crippen MR) is 82.8 cm³/mol. The zero-order valence-electron chi connectivity index (χ0n) is 12.5. The summed E-state index contributed by atoms with van der Waals surface area (Å²) in [6, 6.07) is 12.6. The van der Waals surface area contributed by atoms with Gasteiger partial charge in [-0.05, 0) is 49.1 Å². The molecule has 0 aliphatic carbocycles. The highest BCUT2D eigenvalue weighted by atomic mass is 16.5. The van der Waals surface area contributed by atoms with Crippen molar-refractivity contribution >= 4 is 0 Å². The molecule has 20 heavy (non-hydrogen) atoms. The molecule has 0 radical (unpaired) electrons. The maximum atomic E-state index is 5.78. The van der Waals surface area contributed by atoms with E-state index in [2.05, 4.69) is 49.6 Å². The van der Waals surface area contributed by atoms with E-state index >= 15 is 0 Å². The Labute approximate surface area is 120 Å². The first-order chi connectivity index (χ1) is 9.56. The number of hydrazine groups is 1. The van der Waals surface area contributed by atoms with Crippen molar-refractivity contribution in [3.63, 3.8) is 0 Å². The summed E-state index contributed by atoms with van der Waals surface area (Å²) in [5.41, 5.74) is 8.79. The molecule has 3 N–H and O–H groups in total. The number of hydrogen-bond acceptors (Lipinski definition) is 3. The molecule has 0 fully saturated rings. The number of aryl methyl sites for hydroxylation is 3. The van der Waals surface area contributed by atoms with Gasteiger partial charge in [0, 0.05) is 0 Å². The topological polar surface area (TPSA) is 47.3 Å². The van der Waals surface area contributed by atoms with Crippen LogP contribution in [0.4, 0.5) is 0 Å². The van der Waals surface area contributed by atoms with Crippen molar-refractivity contribution in [2.45, 2.75) is 26.8 Å². The van der Waals surface area contributed by atoms with Gasteiger partial charge in [-0.3, -0.25) is 5.84 Å². The molecule has 0 bridgehead atoms. The van der Waals surface area contributed by atoms with E-state index in [0.717, 1.165) is 16.9 Å². The Morgan fingerprint density at radius 1 is 1.00 bits per heavy atom. The van der Waals surface area contributed by atoms with E-state index in [1.54, 1.807) is 7.11 Å². The number of nitrogens with two attached hydrogens (primary N) is 1. The van der Waals surface area contributed by atoms with Crippen molar-refractivity contribution in [3.8, 4) is 5.75 Å². The molecule has 0 saturated carbocycles. The Hall–Kier alpha value is -1.84. The van der Waals surface area contributed by atoms with Gasteiger partial charge in [-0.25, -0.2) is 5.43 Å². The largest absolute Gasteiger partial charge is 0.496 e. The third-order valence-electron chi connectivity index (χ3n) is 3.67. The van der Waals surface area contributed by atoms with Crippen LogP contribution in [-0.4, -0.2) is 7.11 Å². The molecular weight excluding hydrogens is 248 g/mol.